The van der Waals surface area contributed by atoms with Crippen molar-refractivity contribution >= 4 is 23.0 Å². The highest BCUT2D eigenvalue weighted by molar-refractivity contribution is 7.80. The number of para-hydroxylation sites is 1. The summed E-state index contributed by atoms with van der Waals surface area (Å²) in [7, 11) is 0. The van der Waals surface area contributed by atoms with Gasteiger partial charge in [0.25, 0.3) is 0 Å². The normalized spacial score (nSPS) is 17.3. The number of phenols is 1. The van der Waals surface area contributed by atoms with Gasteiger partial charge in [0.1, 0.15) is 5.75 Å². The van der Waals surface area contributed by atoms with E-state index < -0.39 is 0 Å². The fourth-order valence-electron chi connectivity index (χ4n) is 5.11. The van der Waals surface area contributed by atoms with Crippen LogP contribution >= 0.6 is 12.2 Å². The minimum Gasteiger partial charge on any atom is -0.508 e. The van der Waals surface area contributed by atoms with Gasteiger partial charge in [-0.2, -0.15) is 0 Å². The van der Waals surface area contributed by atoms with Crippen LogP contribution in [0.4, 0.5) is 5.69 Å². The van der Waals surface area contributed by atoms with Gasteiger partial charge in [-0.3, -0.25) is 4.98 Å². The molecule has 2 aromatic heterocycles. The molecule has 1 saturated heterocycles. The van der Waals surface area contributed by atoms with Crippen LogP contribution in [-0.2, 0) is 0 Å². The van der Waals surface area contributed by atoms with Crippen molar-refractivity contribution in [2.75, 3.05) is 18.4 Å². The summed E-state index contributed by atoms with van der Waals surface area (Å²) in [6.45, 7) is 5.95. The van der Waals surface area contributed by atoms with Gasteiger partial charge in [0.15, 0.2) is 5.11 Å². The van der Waals surface area contributed by atoms with Gasteiger partial charge in [0, 0.05) is 42.0 Å². The molecule has 2 unspecified atom stereocenters. The molecule has 1 fully saturated rings. The maximum Gasteiger partial charge on any atom is 0.170 e. The first-order valence-corrected chi connectivity index (χ1v) is 12.7. The van der Waals surface area contributed by atoms with Crippen molar-refractivity contribution < 1.29 is 5.11 Å². The summed E-state index contributed by atoms with van der Waals surface area (Å²) in [5, 5.41) is 17.6. The number of rotatable bonds is 8. The number of aromatic hydroxyl groups is 1. The largest absolute Gasteiger partial charge is 0.508 e. The van der Waals surface area contributed by atoms with Crippen LogP contribution in [0.3, 0.4) is 0 Å². The quantitative estimate of drug-likeness (QED) is 0.215. The van der Waals surface area contributed by atoms with E-state index in [2.05, 4.69) is 63.2 Å². The van der Waals surface area contributed by atoms with Crippen molar-refractivity contribution in [3.05, 3.63) is 108 Å². The van der Waals surface area contributed by atoms with E-state index in [0.717, 1.165) is 53.1 Å². The summed E-state index contributed by atoms with van der Waals surface area (Å²) in [5.41, 5.74) is 6.64. The van der Waals surface area contributed by atoms with Crippen LogP contribution in [0, 0.1) is 13.8 Å². The van der Waals surface area contributed by atoms with Crippen molar-refractivity contribution in [1.82, 2.24) is 19.8 Å². The minimum absolute atomic E-state index is 0.0150. The van der Waals surface area contributed by atoms with Crippen LogP contribution in [0.2, 0.25) is 0 Å². The zero-order valence-corrected chi connectivity index (χ0v) is 21.4. The van der Waals surface area contributed by atoms with E-state index in [9.17, 15) is 5.11 Å². The summed E-state index contributed by atoms with van der Waals surface area (Å²) in [6.07, 6.45) is 2.78. The van der Waals surface area contributed by atoms with E-state index >= 15 is 0 Å². The van der Waals surface area contributed by atoms with E-state index in [4.69, 9.17) is 12.2 Å². The molecular weight excluding hydrogens is 466 g/mol. The SMILES string of the molecule is Cc1cc(C2C(c3ccccn3)NC(=S)N2CCCNc2ccccc2)c(C)n1-c1ccc(O)cc1. The third-order valence-corrected chi connectivity index (χ3v) is 7.13. The van der Waals surface area contributed by atoms with Gasteiger partial charge in [0.05, 0.1) is 17.8 Å². The van der Waals surface area contributed by atoms with Crippen LogP contribution in [-0.4, -0.2) is 37.8 Å². The van der Waals surface area contributed by atoms with Crippen molar-refractivity contribution in [3.8, 4) is 11.4 Å². The number of phenolic OH excluding ortho intramolecular Hbond substituents is 1. The van der Waals surface area contributed by atoms with Crippen LogP contribution in [0.15, 0.2) is 85.1 Å². The number of aromatic nitrogens is 2. The standard InChI is InChI=1S/C29H31N5OS/c1-20-19-25(21(2)34(20)23-12-14-24(35)15-13-23)28-27(26-11-6-7-16-31-26)32-29(36)33(28)18-8-17-30-22-9-4-3-5-10-22/h3-7,9-16,19,27-28,30,35H,8,17-18H2,1-2H3,(H,32,36). The van der Waals surface area contributed by atoms with Crippen LogP contribution in [0.1, 0.15) is 41.1 Å². The fraction of sp³-hybridized carbons (Fsp3) is 0.241. The lowest BCUT2D eigenvalue weighted by Gasteiger charge is -2.28. The molecule has 0 amide bonds. The van der Waals surface area contributed by atoms with Crippen molar-refractivity contribution in [3.63, 3.8) is 0 Å². The summed E-state index contributed by atoms with van der Waals surface area (Å²) in [6, 6.07) is 25.9. The molecule has 4 aromatic rings. The molecule has 0 saturated carbocycles. The molecule has 2 atom stereocenters. The summed E-state index contributed by atoms with van der Waals surface area (Å²) >= 11 is 5.86. The van der Waals surface area contributed by atoms with E-state index in [1.807, 2.05) is 48.7 Å². The predicted molar refractivity (Wildman–Crippen MR) is 149 cm³/mol. The lowest BCUT2D eigenvalue weighted by molar-refractivity contribution is 0.315. The molecule has 36 heavy (non-hydrogen) atoms. The molecule has 1 aliphatic rings. The molecule has 0 spiro atoms. The number of nitrogens with zero attached hydrogens (tertiary/aromatic N) is 3. The summed E-state index contributed by atoms with van der Waals surface area (Å²) < 4.78 is 2.24. The lowest BCUT2D eigenvalue weighted by Crippen LogP contribution is -2.31. The Hall–Kier alpha value is -3.84. The van der Waals surface area contributed by atoms with Gasteiger partial charge in [-0.1, -0.05) is 24.3 Å². The Kier molecular flexibility index (Phi) is 6.91. The lowest BCUT2D eigenvalue weighted by atomic mass is 9.96. The Morgan fingerprint density at radius 2 is 1.75 bits per heavy atom. The van der Waals surface area contributed by atoms with Crippen LogP contribution in [0.25, 0.3) is 5.69 Å². The Morgan fingerprint density at radius 1 is 1.00 bits per heavy atom. The van der Waals surface area contributed by atoms with Crippen molar-refractivity contribution in [1.29, 1.82) is 0 Å². The molecule has 1 aliphatic heterocycles. The second kappa shape index (κ2) is 10.4. The number of hydrogen-bond acceptors (Lipinski definition) is 4. The highest BCUT2D eigenvalue weighted by Crippen LogP contribution is 2.41. The van der Waals surface area contributed by atoms with Gasteiger partial charge >= 0.3 is 0 Å². The minimum atomic E-state index is -0.0467. The molecule has 5 rings (SSSR count). The van der Waals surface area contributed by atoms with Crippen LogP contribution in [0.5, 0.6) is 5.75 Å². The summed E-state index contributed by atoms with van der Waals surface area (Å²) in [4.78, 5) is 6.98. The highest BCUT2D eigenvalue weighted by Gasteiger charge is 2.41. The number of anilines is 1. The molecule has 2 aromatic carbocycles. The van der Waals surface area contributed by atoms with Gasteiger partial charge < -0.3 is 25.2 Å². The third-order valence-electron chi connectivity index (χ3n) is 6.77. The Labute approximate surface area is 217 Å². The molecular formula is C29H31N5OS. The van der Waals surface area contributed by atoms with E-state index in [1.165, 1.54) is 5.56 Å². The first-order valence-electron chi connectivity index (χ1n) is 12.3. The zero-order valence-electron chi connectivity index (χ0n) is 20.6. The number of benzene rings is 2. The van der Waals surface area contributed by atoms with Crippen LogP contribution < -0.4 is 10.6 Å². The van der Waals surface area contributed by atoms with Crippen molar-refractivity contribution in [2.45, 2.75) is 32.4 Å². The highest BCUT2D eigenvalue weighted by atomic mass is 32.1. The number of thiocarbonyl (C=S) groups is 1. The Bertz CT molecular complexity index is 1320. The molecule has 0 bridgehead atoms. The smallest absolute Gasteiger partial charge is 0.170 e. The first kappa shape index (κ1) is 23.9. The van der Waals surface area contributed by atoms with Gasteiger partial charge in [0.2, 0.25) is 0 Å². The van der Waals surface area contributed by atoms with Gasteiger partial charge in [-0.05, 0) is 92.6 Å². The zero-order chi connectivity index (χ0) is 25.1. The first-order chi connectivity index (χ1) is 17.5. The second-order valence-electron chi connectivity index (χ2n) is 9.14. The van der Waals surface area contributed by atoms with Crippen molar-refractivity contribution in [2.24, 2.45) is 0 Å². The average Bonchev–Trinajstić information content (AvgIpc) is 3.38. The van der Waals surface area contributed by atoms with E-state index in [1.54, 1.807) is 12.1 Å². The number of hydrogen-bond donors (Lipinski definition) is 3. The third kappa shape index (κ3) is 4.79. The number of pyridine rings is 1. The molecule has 7 heteroatoms. The number of nitrogens with one attached hydrogen (secondary N) is 2. The second-order valence-corrected chi connectivity index (χ2v) is 9.53. The summed E-state index contributed by atoms with van der Waals surface area (Å²) in [5.74, 6) is 0.261. The molecule has 3 N–H and O–H groups in total. The van der Waals surface area contributed by atoms with E-state index in [-0.39, 0.29) is 17.8 Å². The monoisotopic (exact) mass is 497 g/mol. The topological polar surface area (TPSA) is 65.4 Å². The van der Waals surface area contributed by atoms with Gasteiger partial charge in [-0.25, -0.2) is 0 Å². The van der Waals surface area contributed by atoms with Gasteiger partial charge in [-0.15, -0.1) is 0 Å². The Balaban J connectivity index is 1.45. The predicted octanol–water partition coefficient (Wildman–Crippen LogP) is 5.67. The maximum atomic E-state index is 9.77. The fourth-order valence-corrected chi connectivity index (χ4v) is 5.44. The molecule has 3 heterocycles. The molecule has 184 valence electrons. The number of aryl methyl sites for hydroxylation is 1. The Morgan fingerprint density at radius 3 is 2.47 bits per heavy atom. The maximum absolute atomic E-state index is 9.77. The molecule has 0 radical (unpaired) electrons. The molecule has 0 aliphatic carbocycles. The average molecular weight is 498 g/mol. The van der Waals surface area contributed by atoms with E-state index in [0.29, 0.717) is 0 Å². The molecule has 6 nitrogen and oxygen atoms in total.